The van der Waals surface area contributed by atoms with E-state index in [0.717, 1.165) is 0 Å². The van der Waals surface area contributed by atoms with Gasteiger partial charge in [-0.15, -0.1) is 0 Å². The molecule has 7 heteroatoms. The van der Waals surface area contributed by atoms with Gasteiger partial charge in [0.05, 0.1) is 19.1 Å². The van der Waals surface area contributed by atoms with Gasteiger partial charge in [-0.05, 0) is 24.6 Å². The number of benzene rings is 2. The lowest BCUT2D eigenvalue weighted by Crippen LogP contribution is -2.01. The van der Waals surface area contributed by atoms with Crippen LogP contribution in [0, 0.1) is 17.0 Å². The molecule has 0 N–H and O–H groups in total. The van der Waals surface area contributed by atoms with Crippen molar-refractivity contribution in [3.63, 3.8) is 0 Å². The van der Waals surface area contributed by atoms with Crippen LogP contribution in [0.15, 0.2) is 35.3 Å². The maximum Gasteiger partial charge on any atom is 0.270 e. The zero-order valence-electron chi connectivity index (χ0n) is 12.9. The normalized spacial score (nSPS) is 10.7. The smallest absolute Gasteiger partial charge is 0.270 e. The molecule has 2 aromatic carbocycles. The highest BCUT2D eigenvalue weighted by atomic mass is 16.6. The summed E-state index contributed by atoms with van der Waals surface area (Å²) in [5.74, 6) is 0.772. The highest BCUT2D eigenvalue weighted by Gasteiger charge is 2.09. The van der Waals surface area contributed by atoms with Gasteiger partial charge < -0.3 is 14.6 Å². The Morgan fingerprint density at radius 2 is 1.91 bits per heavy atom. The number of nitro benzene ring substituents is 1. The summed E-state index contributed by atoms with van der Waals surface area (Å²) in [7, 11) is 3.02. The highest BCUT2D eigenvalue weighted by molar-refractivity contribution is 5.87. The van der Waals surface area contributed by atoms with Gasteiger partial charge in [0.1, 0.15) is 17.2 Å². The van der Waals surface area contributed by atoms with E-state index in [2.05, 4.69) is 4.99 Å². The van der Waals surface area contributed by atoms with Crippen LogP contribution >= 0.6 is 0 Å². The lowest BCUT2D eigenvalue weighted by atomic mass is 10.1. The maximum absolute atomic E-state index is 12.1. The van der Waals surface area contributed by atoms with Crippen LogP contribution in [0.3, 0.4) is 0 Å². The fourth-order valence-corrected chi connectivity index (χ4v) is 2.02. The molecule has 2 rings (SSSR count). The summed E-state index contributed by atoms with van der Waals surface area (Å²) in [6.07, 6.45) is 1.29. The molecule has 0 heterocycles. The molecule has 120 valence electrons. The first-order valence-electron chi connectivity index (χ1n) is 6.68. The van der Waals surface area contributed by atoms with Gasteiger partial charge >= 0.3 is 0 Å². The molecule has 0 unspecified atom stereocenters. The predicted molar refractivity (Wildman–Crippen MR) is 84.1 cm³/mol. The van der Waals surface area contributed by atoms with E-state index in [1.807, 2.05) is 0 Å². The van der Waals surface area contributed by atoms with Crippen molar-refractivity contribution >= 4 is 17.6 Å². The number of methoxy groups -OCH3 is 2. The standard InChI is InChI=1S/C16H16N2O5/c1-10-6-12(18(20)21)7-11(16(10)19)9-17-14-8-13(22-2)4-5-15(14)23-3/h4-9,19H,1-3H3/p-1. The molecule has 0 saturated heterocycles. The number of hydrogen-bond acceptors (Lipinski definition) is 6. The molecule has 0 atom stereocenters. The number of nitrogens with zero attached hydrogens (tertiary/aromatic N) is 2. The third kappa shape index (κ3) is 3.57. The number of nitro groups is 1. The second kappa shape index (κ2) is 6.78. The monoisotopic (exact) mass is 315 g/mol. The van der Waals surface area contributed by atoms with Gasteiger partial charge in [0, 0.05) is 24.4 Å². The molecule has 0 saturated carbocycles. The minimum atomic E-state index is -0.546. The second-order valence-electron chi connectivity index (χ2n) is 4.73. The molecule has 7 nitrogen and oxygen atoms in total. The zero-order chi connectivity index (χ0) is 17.0. The first kappa shape index (κ1) is 16.3. The van der Waals surface area contributed by atoms with Gasteiger partial charge in [-0.2, -0.15) is 0 Å². The van der Waals surface area contributed by atoms with Gasteiger partial charge in [-0.25, -0.2) is 0 Å². The fourth-order valence-electron chi connectivity index (χ4n) is 2.02. The lowest BCUT2D eigenvalue weighted by Gasteiger charge is -2.13. The number of aryl methyl sites for hydroxylation is 1. The third-order valence-electron chi connectivity index (χ3n) is 3.23. The molecule has 2 aromatic rings. The number of non-ortho nitro benzene ring substituents is 1. The summed E-state index contributed by atoms with van der Waals surface area (Å²) in [5, 5.41) is 23.0. The van der Waals surface area contributed by atoms with Gasteiger partial charge in [-0.1, -0.05) is 11.3 Å². The van der Waals surface area contributed by atoms with Crippen LogP contribution in [0.1, 0.15) is 11.1 Å². The van der Waals surface area contributed by atoms with Crippen LogP contribution in [0.4, 0.5) is 11.4 Å². The van der Waals surface area contributed by atoms with Crippen LogP contribution in [0.5, 0.6) is 17.2 Å². The van der Waals surface area contributed by atoms with Gasteiger partial charge in [0.2, 0.25) is 0 Å². The van der Waals surface area contributed by atoms with Crippen LogP contribution in [-0.2, 0) is 0 Å². The molecule has 23 heavy (non-hydrogen) atoms. The SMILES string of the molecule is COc1ccc(OC)c(N=Cc2cc([N+](=O)[O-])cc(C)c2[O-])c1. The van der Waals surface area contributed by atoms with Crippen LogP contribution in [0.2, 0.25) is 0 Å². The maximum atomic E-state index is 12.1. The van der Waals surface area contributed by atoms with Crippen LogP contribution in [-0.4, -0.2) is 25.4 Å². The Morgan fingerprint density at radius 1 is 1.17 bits per heavy atom. The Balaban J connectivity index is 2.46. The molecule has 0 amide bonds. The van der Waals surface area contributed by atoms with E-state index >= 15 is 0 Å². The molecular formula is C16H15N2O5-. The second-order valence-corrected chi connectivity index (χ2v) is 4.73. The molecule has 0 radical (unpaired) electrons. The van der Waals surface area contributed by atoms with Crippen molar-refractivity contribution < 1.29 is 19.5 Å². The Labute approximate surface area is 133 Å². The lowest BCUT2D eigenvalue weighted by molar-refractivity contribution is -0.385. The number of aliphatic imine (C=N–C) groups is 1. The van der Waals surface area contributed by atoms with Crippen LogP contribution < -0.4 is 14.6 Å². The van der Waals surface area contributed by atoms with Gasteiger partial charge in [0.15, 0.2) is 0 Å². The van der Waals surface area contributed by atoms with E-state index < -0.39 is 4.92 Å². The van der Waals surface area contributed by atoms with Crippen molar-refractivity contribution in [1.82, 2.24) is 0 Å². The van der Waals surface area contributed by atoms with Crippen molar-refractivity contribution in [1.29, 1.82) is 0 Å². The largest absolute Gasteiger partial charge is 0.872 e. The van der Waals surface area contributed by atoms with E-state index in [0.29, 0.717) is 22.7 Å². The van der Waals surface area contributed by atoms with Crippen molar-refractivity contribution in [2.24, 2.45) is 4.99 Å². The molecule has 0 spiro atoms. The summed E-state index contributed by atoms with van der Waals surface area (Å²) < 4.78 is 10.3. The number of rotatable bonds is 5. The summed E-state index contributed by atoms with van der Waals surface area (Å²) in [5.41, 5.74) is 0.733. The van der Waals surface area contributed by atoms with Crippen molar-refractivity contribution in [3.8, 4) is 17.2 Å². The third-order valence-corrected chi connectivity index (χ3v) is 3.23. The zero-order valence-corrected chi connectivity index (χ0v) is 12.9. The number of ether oxygens (including phenoxy) is 2. The van der Waals surface area contributed by atoms with E-state index in [1.54, 1.807) is 18.2 Å². The van der Waals surface area contributed by atoms with E-state index in [-0.39, 0.29) is 17.0 Å². The Bertz CT molecular complexity index is 771. The first-order valence-corrected chi connectivity index (χ1v) is 6.68. The van der Waals surface area contributed by atoms with Crippen LogP contribution in [0.25, 0.3) is 0 Å². The summed E-state index contributed by atoms with van der Waals surface area (Å²) in [6, 6.07) is 7.48. The van der Waals surface area contributed by atoms with E-state index in [1.165, 1.54) is 39.5 Å². The molecule has 0 bridgehead atoms. The highest BCUT2D eigenvalue weighted by Crippen LogP contribution is 2.32. The van der Waals surface area contributed by atoms with Crippen molar-refractivity contribution in [2.45, 2.75) is 6.92 Å². The number of hydrogen-bond donors (Lipinski definition) is 0. The summed E-state index contributed by atoms with van der Waals surface area (Å²) in [4.78, 5) is 14.6. The van der Waals surface area contributed by atoms with Crippen molar-refractivity contribution in [3.05, 3.63) is 51.6 Å². The van der Waals surface area contributed by atoms with Gasteiger partial charge in [0.25, 0.3) is 5.69 Å². The summed E-state index contributed by atoms with van der Waals surface area (Å²) >= 11 is 0. The molecule has 0 aliphatic carbocycles. The Morgan fingerprint density at radius 3 is 2.52 bits per heavy atom. The first-order chi connectivity index (χ1) is 11.0. The van der Waals surface area contributed by atoms with Gasteiger partial charge in [-0.3, -0.25) is 15.1 Å². The molecule has 0 fully saturated rings. The fraction of sp³-hybridized carbons (Fsp3) is 0.188. The topological polar surface area (TPSA) is 97.0 Å². The average molecular weight is 315 g/mol. The van der Waals surface area contributed by atoms with Crippen molar-refractivity contribution in [2.75, 3.05) is 14.2 Å². The Kier molecular flexibility index (Phi) is 4.80. The molecular weight excluding hydrogens is 300 g/mol. The Hall–Kier alpha value is -3.09. The molecule has 0 aromatic heterocycles. The van der Waals surface area contributed by atoms with E-state index in [9.17, 15) is 15.2 Å². The predicted octanol–water partition coefficient (Wildman–Crippen LogP) is 2.74. The minimum absolute atomic E-state index is 0.140. The average Bonchev–Trinajstić information content (AvgIpc) is 2.55. The molecule has 0 aliphatic rings. The quantitative estimate of drug-likeness (QED) is 0.480. The van der Waals surface area contributed by atoms with E-state index in [4.69, 9.17) is 9.47 Å². The summed E-state index contributed by atoms with van der Waals surface area (Å²) in [6.45, 7) is 1.53. The minimum Gasteiger partial charge on any atom is -0.872 e. The molecule has 0 aliphatic heterocycles.